The number of nitrogens with one attached hydrogen (secondary N) is 2. The van der Waals surface area contributed by atoms with Gasteiger partial charge in [0, 0.05) is 19.2 Å². The number of rotatable bonds is 7. The minimum absolute atomic E-state index is 0.187. The summed E-state index contributed by atoms with van der Waals surface area (Å²) in [6, 6.07) is 16.8. The van der Waals surface area contributed by atoms with Gasteiger partial charge >= 0.3 is 0 Å². The molecule has 2 aromatic carbocycles. The molecule has 1 aliphatic rings. The van der Waals surface area contributed by atoms with Gasteiger partial charge in [-0.2, -0.15) is 9.50 Å². The van der Waals surface area contributed by atoms with E-state index in [0.717, 1.165) is 48.1 Å². The summed E-state index contributed by atoms with van der Waals surface area (Å²) in [6.45, 7) is 2.55. The SMILES string of the molecule is Cc1ccc(S(=O)(=O)NNc2c3c(nc4nc(N(C)Cc5ccccc5)nn24)CCCC3)cc1. The van der Waals surface area contributed by atoms with E-state index in [-0.39, 0.29) is 4.90 Å². The summed E-state index contributed by atoms with van der Waals surface area (Å²) < 4.78 is 27.4. The molecule has 0 atom stereocenters. The monoisotopic (exact) mass is 477 g/mol. The van der Waals surface area contributed by atoms with Gasteiger partial charge in [-0.1, -0.05) is 48.0 Å². The van der Waals surface area contributed by atoms with Crippen molar-refractivity contribution >= 4 is 27.6 Å². The van der Waals surface area contributed by atoms with Crippen LogP contribution in [0.5, 0.6) is 0 Å². The Morgan fingerprint density at radius 2 is 1.74 bits per heavy atom. The van der Waals surface area contributed by atoms with Gasteiger partial charge in [0.1, 0.15) is 0 Å². The summed E-state index contributed by atoms with van der Waals surface area (Å²) in [7, 11) is -1.85. The van der Waals surface area contributed by atoms with Crippen molar-refractivity contribution in [3.05, 3.63) is 77.0 Å². The highest BCUT2D eigenvalue weighted by atomic mass is 32.2. The van der Waals surface area contributed by atoms with Crippen LogP contribution in [-0.4, -0.2) is 35.0 Å². The average Bonchev–Trinajstić information content (AvgIpc) is 3.27. The molecule has 0 aliphatic heterocycles. The normalized spacial score (nSPS) is 13.6. The highest BCUT2D eigenvalue weighted by Gasteiger charge is 2.23. The van der Waals surface area contributed by atoms with E-state index in [1.807, 2.05) is 37.1 Å². The quantitative estimate of drug-likeness (QED) is 0.394. The Labute approximate surface area is 198 Å². The van der Waals surface area contributed by atoms with Crippen molar-refractivity contribution in [1.29, 1.82) is 0 Å². The highest BCUT2D eigenvalue weighted by molar-refractivity contribution is 7.89. The smallest absolute Gasteiger partial charge is 0.257 e. The summed E-state index contributed by atoms with van der Waals surface area (Å²) in [5, 5.41) is 4.67. The Morgan fingerprint density at radius 3 is 2.50 bits per heavy atom. The average molecular weight is 478 g/mol. The maximum absolute atomic E-state index is 12.9. The zero-order valence-electron chi connectivity index (χ0n) is 19.2. The van der Waals surface area contributed by atoms with E-state index in [1.165, 1.54) is 0 Å². The second kappa shape index (κ2) is 9.03. The molecule has 0 fully saturated rings. The molecule has 0 saturated carbocycles. The number of sulfonamides is 1. The molecular formula is C24H27N7O2S. The number of fused-ring (bicyclic) bond motifs is 2. The molecule has 4 aromatic rings. The summed E-state index contributed by atoms with van der Waals surface area (Å²) in [4.78, 5) is 14.0. The number of anilines is 2. The fourth-order valence-corrected chi connectivity index (χ4v) is 4.99. The van der Waals surface area contributed by atoms with Crippen molar-refractivity contribution in [3.63, 3.8) is 0 Å². The minimum Gasteiger partial charge on any atom is -0.338 e. The lowest BCUT2D eigenvalue weighted by atomic mass is 9.96. The molecule has 9 nitrogen and oxygen atoms in total. The van der Waals surface area contributed by atoms with Crippen LogP contribution in [0.3, 0.4) is 0 Å². The number of hydrogen-bond acceptors (Lipinski definition) is 7. The first kappa shape index (κ1) is 22.3. The number of benzene rings is 2. The highest BCUT2D eigenvalue weighted by Crippen LogP contribution is 2.28. The van der Waals surface area contributed by atoms with Crippen molar-refractivity contribution in [3.8, 4) is 0 Å². The molecule has 34 heavy (non-hydrogen) atoms. The van der Waals surface area contributed by atoms with Gasteiger partial charge in [0.2, 0.25) is 5.95 Å². The predicted octanol–water partition coefficient (Wildman–Crippen LogP) is 3.25. The molecule has 0 unspecified atom stereocenters. The van der Waals surface area contributed by atoms with E-state index in [1.54, 1.807) is 28.8 Å². The van der Waals surface area contributed by atoms with Gasteiger partial charge < -0.3 is 4.90 Å². The molecule has 2 N–H and O–H groups in total. The van der Waals surface area contributed by atoms with Crippen LogP contribution in [0.2, 0.25) is 0 Å². The van der Waals surface area contributed by atoms with Crippen LogP contribution in [0.15, 0.2) is 59.5 Å². The third-order valence-electron chi connectivity index (χ3n) is 5.99. The number of aromatic nitrogens is 4. The van der Waals surface area contributed by atoms with Gasteiger partial charge in [-0.05, 0) is 50.3 Å². The van der Waals surface area contributed by atoms with Crippen molar-refractivity contribution in [2.75, 3.05) is 17.4 Å². The van der Waals surface area contributed by atoms with Gasteiger partial charge in [0.15, 0.2) is 5.82 Å². The Balaban J connectivity index is 1.48. The predicted molar refractivity (Wildman–Crippen MR) is 131 cm³/mol. The van der Waals surface area contributed by atoms with E-state index in [2.05, 4.69) is 32.5 Å². The van der Waals surface area contributed by atoms with Crippen molar-refractivity contribution in [2.45, 2.75) is 44.0 Å². The largest absolute Gasteiger partial charge is 0.338 e. The van der Waals surface area contributed by atoms with Gasteiger partial charge in [0.05, 0.1) is 10.6 Å². The van der Waals surface area contributed by atoms with Gasteiger partial charge in [-0.25, -0.2) is 13.4 Å². The molecule has 176 valence electrons. The van der Waals surface area contributed by atoms with E-state index < -0.39 is 10.0 Å². The maximum Gasteiger partial charge on any atom is 0.257 e. The van der Waals surface area contributed by atoms with Crippen molar-refractivity contribution in [2.24, 2.45) is 0 Å². The summed E-state index contributed by atoms with van der Waals surface area (Å²) in [5.41, 5.74) is 6.96. The van der Waals surface area contributed by atoms with Crippen LogP contribution in [0, 0.1) is 6.92 Å². The summed E-state index contributed by atoms with van der Waals surface area (Å²) in [5.74, 6) is 1.51. The fraction of sp³-hybridized carbons (Fsp3) is 0.292. The van der Waals surface area contributed by atoms with E-state index in [9.17, 15) is 8.42 Å². The summed E-state index contributed by atoms with van der Waals surface area (Å²) in [6.07, 6.45) is 3.67. The lowest BCUT2D eigenvalue weighted by Crippen LogP contribution is -2.32. The minimum atomic E-state index is -3.77. The second-order valence-electron chi connectivity index (χ2n) is 8.60. The molecule has 1 aliphatic carbocycles. The summed E-state index contributed by atoms with van der Waals surface area (Å²) >= 11 is 0. The number of hydrazine groups is 1. The number of nitrogens with zero attached hydrogens (tertiary/aromatic N) is 5. The standard InChI is InChI=1S/C24H27N7O2S/c1-17-12-14-19(15-13-17)34(32,33)29-27-22-20-10-6-7-11-21(20)25-23-26-24(28-31(22)23)30(2)16-18-8-4-3-5-9-18/h3-5,8-9,12-15,27,29H,6-7,10-11,16H2,1-2H3. The first-order chi connectivity index (χ1) is 16.4. The topological polar surface area (TPSA) is 105 Å². The lowest BCUT2D eigenvalue weighted by molar-refractivity contribution is 0.586. The first-order valence-corrected chi connectivity index (χ1v) is 12.8. The third-order valence-corrected chi connectivity index (χ3v) is 7.25. The van der Waals surface area contributed by atoms with Crippen LogP contribution in [0.4, 0.5) is 11.8 Å². The Bertz CT molecular complexity index is 1420. The molecule has 0 bridgehead atoms. The number of aryl methyl sites for hydroxylation is 2. The third kappa shape index (κ3) is 4.46. The lowest BCUT2D eigenvalue weighted by Gasteiger charge is -2.20. The zero-order chi connectivity index (χ0) is 23.7. The molecule has 10 heteroatoms. The molecule has 5 rings (SSSR count). The van der Waals surface area contributed by atoms with Crippen molar-refractivity contribution < 1.29 is 8.42 Å². The zero-order valence-corrected chi connectivity index (χ0v) is 20.0. The Kier molecular flexibility index (Phi) is 5.93. The van der Waals surface area contributed by atoms with Crippen LogP contribution >= 0.6 is 0 Å². The van der Waals surface area contributed by atoms with Crippen LogP contribution < -0.4 is 15.2 Å². The van der Waals surface area contributed by atoms with Crippen LogP contribution in [0.1, 0.15) is 35.2 Å². The Hall–Kier alpha value is -3.50. The molecule has 0 amide bonds. The molecule has 0 radical (unpaired) electrons. The fourth-order valence-electron chi connectivity index (χ4n) is 4.14. The van der Waals surface area contributed by atoms with Gasteiger partial charge in [-0.15, -0.1) is 9.93 Å². The van der Waals surface area contributed by atoms with Crippen LogP contribution in [0.25, 0.3) is 5.78 Å². The van der Waals surface area contributed by atoms with Gasteiger partial charge in [0.25, 0.3) is 15.8 Å². The van der Waals surface area contributed by atoms with Crippen molar-refractivity contribution in [1.82, 2.24) is 24.4 Å². The maximum atomic E-state index is 12.9. The van der Waals surface area contributed by atoms with E-state index >= 15 is 0 Å². The Morgan fingerprint density at radius 1 is 1.00 bits per heavy atom. The molecule has 0 spiro atoms. The van der Waals surface area contributed by atoms with E-state index in [4.69, 9.17) is 4.98 Å². The molecule has 0 saturated heterocycles. The first-order valence-electron chi connectivity index (χ1n) is 11.3. The molecular weight excluding hydrogens is 450 g/mol. The van der Waals surface area contributed by atoms with Crippen LogP contribution in [-0.2, 0) is 29.4 Å². The number of hydrogen-bond donors (Lipinski definition) is 2. The van der Waals surface area contributed by atoms with E-state index in [0.29, 0.717) is 24.1 Å². The molecule has 2 heterocycles. The van der Waals surface area contributed by atoms with Gasteiger partial charge in [-0.3, -0.25) is 5.43 Å². The second-order valence-corrected chi connectivity index (χ2v) is 10.3. The molecule has 2 aromatic heterocycles.